The minimum Gasteiger partial charge on any atom is -0.359 e. The number of hydrogen-bond acceptors (Lipinski definition) is 3. The average molecular weight is 204 g/mol. The van der Waals surface area contributed by atoms with Crippen molar-refractivity contribution in [2.75, 3.05) is 19.8 Å². The van der Waals surface area contributed by atoms with Gasteiger partial charge in [0.15, 0.2) is 0 Å². The first kappa shape index (κ1) is 12.8. The fourth-order valence-electron chi connectivity index (χ4n) is 0.903. The lowest BCUT2D eigenvalue weighted by molar-refractivity contribution is -0.121. The van der Waals surface area contributed by atoms with E-state index in [4.69, 9.17) is 0 Å². The lowest BCUT2D eigenvalue weighted by Gasteiger charge is -2.15. The molecule has 2 N–H and O–H groups in total. The van der Waals surface area contributed by atoms with Gasteiger partial charge >= 0.3 is 0 Å². The molecule has 0 heterocycles. The van der Waals surface area contributed by atoms with Crippen LogP contribution in [-0.4, -0.2) is 37.0 Å². The Morgan fingerprint density at radius 3 is 2.54 bits per heavy atom. The Hall–Kier alpha value is -0.220. The van der Waals surface area contributed by atoms with E-state index in [-0.39, 0.29) is 11.9 Å². The van der Waals surface area contributed by atoms with Crippen molar-refractivity contribution < 1.29 is 4.79 Å². The van der Waals surface area contributed by atoms with Gasteiger partial charge in [0.2, 0.25) is 5.91 Å². The summed E-state index contributed by atoms with van der Waals surface area (Å²) in [5, 5.41) is 6.53. The van der Waals surface area contributed by atoms with Gasteiger partial charge in [0.1, 0.15) is 0 Å². The lowest BCUT2D eigenvalue weighted by Crippen LogP contribution is -2.35. The molecule has 4 heteroatoms. The Morgan fingerprint density at radius 1 is 1.46 bits per heavy atom. The van der Waals surface area contributed by atoms with Crippen LogP contribution in [0.5, 0.6) is 0 Å². The molecule has 0 aromatic rings. The molecule has 2 unspecified atom stereocenters. The predicted molar refractivity (Wildman–Crippen MR) is 59.1 cm³/mol. The third kappa shape index (κ3) is 6.90. The van der Waals surface area contributed by atoms with Gasteiger partial charge in [-0.1, -0.05) is 6.92 Å². The van der Waals surface area contributed by atoms with Gasteiger partial charge in [0.05, 0.1) is 0 Å². The van der Waals surface area contributed by atoms with Crippen LogP contribution in [0.2, 0.25) is 0 Å². The first-order valence-corrected chi connectivity index (χ1v) is 5.85. The maximum Gasteiger partial charge on any atom is 0.221 e. The van der Waals surface area contributed by atoms with Crippen LogP contribution in [0.3, 0.4) is 0 Å². The van der Waals surface area contributed by atoms with Crippen molar-refractivity contribution in [1.82, 2.24) is 10.6 Å². The van der Waals surface area contributed by atoms with Crippen LogP contribution in [0.4, 0.5) is 0 Å². The molecule has 0 spiro atoms. The third-order valence-electron chi connectivity index (χ3n) is 1.93. The quantitative estimate of drug-likeness (QED) is 0.674. The van der Waals surface area contributed by atoms with E-state index in [2.05, 4.69) is 23.8 Å². The van der Waals surface area contributed by atoms with Crippen molar-refractivity contribution in [3.8, 4) is 0 Å². The van der Waals surface area contributed by atoms with E-state index in [9.17, 15) is 4.79 Å². The maximum absolute atomic E-state index is 11.0. The summed E-state index contributed by atoms with van der Waals surface area (Å²) in [6, 6.07) is 0.259. The van der Waals surface area contributed by atoms with Crippen LogP contribution < -0.4 is 10.6 Å². The second kappa shape index (κ2) is 7.21. The summed E-state index contributed by atoms with van der Waals surface area (Å²) >= 11 is 1.83. The molecule has 13 heavy (non-hydrogen) atoms. The molecule has 0 aliphatic heterocycles. The van der Waals surface area contributed by atoms with Crippen LogP contribution in [0.25, 0.3) is 0 Å². The number of amides is 1. The molecule has 0 aliphatic carbocycles. The first-order valence-electron chi connectivity index (χ1n) is 4.57. The summed E-state index contributed by atoms with van der Waals surface area (Å²) in [5.74, 6) is 0.0943. The van der Waals surface area contributed by atoms with Crippen LogP contribution in [0.1, 0.15) is 20.3 Å². The zero-order valence-corrected chi connectivity index (χ0v) is 9.70. The summed E-state index contributed by atoms with van der Waals surface area (Å²) < 4.78 is 0. The minimum absolute atomic E-state index is 0.0943. The van der Waals surface area contributed by atoms with Gasteiger partial charge in [-0.2, -0.15) is 11.8 Å². The number of carbonyl (C=O) groups is 1. The normalized spacial score (nSPS) is 15.1. The van der Waals surface area contributed by atoms with Crippen molar-refractivity contribution in [3.05, 3.63) is 0 Å². The molecular weight excluding hydrogens is 184 g/mol. The van der Waals surface area contributed by atoms with Crippen molar-refractivity contribution >= 4 is 17.7 Å². The van der Waals surface area contributed by atoms with E-state index < -0.39 is 0 Å². The molecule has 0 bridgehead atoms. The van der Waals surface area contributed by atoms with E-state index in [1.54, 1.807) is 7.05 Å². The van der Waals surface area contributed by atoms with Crippen LogP contribution in [0.15, 0.2) is 0 Å². The number of thioether (sulfide) groups is 1. The van der Waals surface area contributed by atoms with Gasteiger partial charge in [-0.05, 0) is 13.2 Å². The topological polar surface area (TPSA) is 41.1 Å². The summed E-state index contributed by atoms with van der Waals surface area (Å²) in [6.07, 6.45) is 2.65. The number of carbonyl (C=O) groups excluding carboxylic acids is 1. The number of rotatable bonds is 6. The largest absolute Gasteiger partial charge is 0.359 e. The maximum atomic E-state index is 11.0. The van der Waals surface area contributed by atoms with E-state index in [1.165, 1.54) is 0 Å². The fraction of sp³-hybridized carbons (Fsp3) is 0.889. The van der Waals surface area contributed by atoms with E-state index in [1.807, 2.05) is 18.7 Å². The Balaban J connectivity index is 3.50. The molecule has 78 valence electrons. The van der Waals surface area contributed by atoms with Crippen molar-refractivity contribution in [2.45, 2.75) is 31.6 Å². The second-order valence-corrected chi connectivity index (χ2v) is 4.51. The third-order valence-corrected chi connectivity index (χ3v) is 2.90. The lowest BCUT2D eigenvalue weighted by atomic mass is 10.2. The monoisotopic (exact) mass is 204 g/mol. The first-order chi connectivity index (χ1) is 6.10. The highest BCUT2D eigenvalue weighted by Gasteiger charge is 2.07. The van der Waals surface area contributed by atoms with Gasteiger partial charge in [0.25, 0.3) is 0 Å². The molecule has 0 aromatic heterocycles. The van der Waals surface area contributed by atoms with Gasteiger partial charge in [0, 0.05) is 31.3 Å². The molecule has 0 aromatic carbocycles. The molecule has 3 nitrogen and oxygen atoms in total. The fourth-order valence-corrected chi connectivity index (χ4v) is 1.17. The Labute approximate surface area is 85.0 Å². The number of nitrogens with one attached hydrogen (secondary N) is 2. The smallest absolute Gasteiger partial charge is 0.221 e. The number of hydrogen-bond donors (Lipinski definition) is 2. The molecule has 1 amide bonds. The van der Waals surface area contributed by atoms with Crippen molar-refractivity contribution in [2.24, 2.45) is 0 Å². The van der Waals surface area contributed by atoms with Crippen LogP contribution >= 0.6 is 11.8 Å². The highest BCUT2D eigenvalue weighted by molar-refractivity contribution is 7.99. The minimum atomic E-state index is 0.0943. The summed E-state index contributed by atoms with van der Waals surface area (Å²) in [5.41, 5.74) is 0. The van der Waals surface area contributed by atoms with Crippen molar-refractivity contribution in [3.63, 3.8) is 0 Å². The zero-order chi connectivity index (χ0) is 10.3. The molecule has 0 rings (SSSR count). The molecule has 0 fully saturated rings. The highest BCUT2D eigenvalue weighted by atomic mass is 32.2. The molecular formula is C9H20N2OS. The second-order valence-electron chi connectivity index (χ2n) is 3.23. The Kier molecular flexibility index (Phi) is 7.09. The van der Waals surface area contributed by atoms with Gasteiger partial charge in [-0.25, -0.2) is 0 Å². The van der Waals surface area contributed by atoms with Gasteiger partial charge in [-0.3, -0.25) is 4.79 Å². The molecule has 0 aliphatic rings. The molecule has 0 radical (unpaired) electrons. The van der Waals surface area contributed by atoms with E-state index in [0.717, 1.165) is 6.54 Å². The van der Waals surface area contributed by atoms with Gasteiger partial charge < -0.3 is 10.6 Å². The van der Waals surface area contributed by atoms with Gasteiger partial charge in [-0.15, -0.1) is 0 Å². The zero-order valence-electron chi connectivity index (χ0n) is 8.89. The van der Waals surface area contributed by atoms with E-state index >= 15 is 0 Å². The molecule has 0 saturated heterocycles. The average Bonchev–Trinajstić information content (AvgIpc) is 2.13. The summed E-state index contributed by atoms with van der Waals surface area (Å²) in [4.78, 5) is 11.0. The van der Waals surface area contributed by atoms with E-state index in [0.29, 0.717) is 11.7 Å². The van der Waals surface area contributed by atoms with Crippen LogP contribution in [-0.2, 0) is 4.79 Å². The molecule has 0 saturated carbocycles. The predicted octanol–water partition coefficient (Wildman–Crippen LogP) is 0.852. The van der Waals surface area contributed by atoms with Crippen molar-refractivity contribution in [1.29, 1.82) is 0 Å². The standard InChI is InChI=1S/C9H20N2OS/c1-7(5-9(12)10-3)11-6-8(2)13-4/h7-8,11H,5-6H2,1-4H3,(H,10,12). The summed E-state index contributed by atoms with van der Waals surface area (Å²) in [6.45, 7) is 5.16. The summed E-state index contributed by atoms with van der Waals surface area (Å²) in [7, 11) is 1.67. The highest BCUT2D eigenvalue weighted by Crippen LogP contribution is 2.03. The van der Waals surface area contributed by atoms with Crippen LogP contribution in [0, 0.1) is 0 Å². The Morgan fingerprint density at radius 2 is 2.08 bits per heavy atom. The Bertz CT molecular complexity index is 153. The SMILES string of the molecule is CNC(=O)CC(C)NCC(C)SC. The molecule has 2 atom stereocenters.